The van der Waals surface area contributed by atoms with Crippen molar-refractivity contribution in [1.29, 1.82) is 0 Å². The van der Waals surface area contributed by atoms with Gasteiger partial charge in [0.25, 0.3) is 0 Å². The number of rotatable bonds is 5. The smallest absolute Gasteiger partial charge is 0.229 e. The maximum Gasteiger partial charge on any atom is 0.229 e. The Hall–Kier alpha value is -3.50. The Bertz CT molecular complexity index is 1740. The van der Waals surface area contributed by atoms with Crippen LogP contribution in [-0.2, 0) is 0 Å². The molecular formula is C31H33Cl2N9. The van der Waals surface area contributed by atoms with Crippen molar-refractivity contribution < 1.29 is 0 Å². The first-order valence-corrected chi connectivity index (χ1v) is 15.2. The highest BCUT2D eigenvalue weighted by Crippen LogP contribution is 2.39. The molecule has 3 N–H and O–H groups in total. The lowest BCUT2D eigenvalue weighted by atomic mass is 9.89. The van der Waals surface area contributed by atoms with Gasteiger partial charge in [0, 0.05) is 55.7 Å². The molecule has 5 aromatic rings. The third-order valence-electron chi connectivity index (χ3n) is 8.83. The van der Waals surface area contributed by atoms with Crippen molar-refractivity contribution in [3.05, 3.63) is 65.2 Å². The fourth-order valence-corrected chi connectivity index (χ4v) is 7.10. The van der Waals surface area contributed by atoms with E-state index in [0.29, 0.717) is 44.9 Å². The molecule has 2 fully saturated rings. The Labute approximate surface area is 254 Å². The van der Waals surface area contributed by atoms with E-state index in [9.17, 15) is 0 Å². The third-order valence-corrected chi connectivity index (χ3v) is 9.42. The van der Waals surface area contributed by atoms with E-state index in [-0.39, 0.29) is 0 Å². The predicted octanol–water partition coefficient (Wildman–Crippen LogP) is 6.41. The van der Waals surface area contributed by atoms with E-state index < -0.39 is 0 Å². The second-order valence-corrected chi connectivity index (χ2v) is 12.1. The van der Waals surface area contributed by atoms with E-state index in [1.54, 1.807) is 12.4 Å². The topological polar surface area (TPSA) is 101 Å². The van der Waals surface area contributed by atoms with Crippen molar-refractivity contribution in [2.75, 3.05) is 44.3 Å². The average molecular weight is 603 g/mol. The van der Waals surface area contributed by atoms with Crippen LogP contribution in [0, 0.1) is 0 Å². The van der Waals surface area contributed by atoms with Crippen LogP contribution in [0.4, 0.5) is 17.5 Å². The first-order valence-electron chi connectivity index (χ1n) is 14.5. The van der Waals surface area contributed by atoms with Gasteiger partial charge in [-0.1, -0.05) is 41.4 Å². The Morgan fingerprint density at radius 2 is 1.60 bits per heavy atom. The number of likely N-dealkylation sites (N-methyl/N-ethyl adjacent to an activating group) is 1. The molecule has 2 aliphatic rings. The van der Waals surface area contributed by atoms with Crippen molar-refractivity contribution in [2.24, 2.45) is 0 Å². The summed E-state index contributed by atoms with van der Waals surface area (Å²) in [4.78, 5) is 23.1. The second kappa shape index (κ2) is 11.3. The number of halogens is 2. The first kappa shape index (κ1) is 27.3. The summed E-state index contributed by atoms with van der Waals surface area (Å²) in [5.41, 5.74) is 11.0. The van der Waals surface area contributed by atoms with Crippen molar-refractivity contribution in [3.63, 3.8) is 0 Å². The number of fused-ring (bicyclic) bond motifs is 2. The Balaban J connectivity index is 1.13. The summed E-state index contributed by atoms with van der Waals surface area (Å²) in [7, 11) is 2.21. The summed E-state index contributed by atoms with van der Waals surface area (Å²) in [6, 6.07) is 14.7. The number of piperazine rings is 1. The highest BCUT2D eigenvalue weighted by atomic mass is 35.5. The van der Waals surface area contributed by atoms with Crippen molar-refractivity contribution >= 4 is 62.6 Å². The summed E-state index contributed by atoms with van der Waals surface area (Å²) in [5.74, 6) is 0.906. The molecule has 1 aliphatic heterocycles. The Kier molecular flexibility index (Phi) is 7.35. The van der Waals surface area contributed by atoms with Gasteiger partial charge in [-0.15, -0.1) is 0 Å². The first-order chi connectivity index (χ1) is 20.4. The molecular weight excluding hydrogens is 569 g/mol. The number of hydrogen-bond acceptors (Lipinski definition) is 8. The molecule has 4 heterocycles. The third kappa shape index (κ3) is 5.15. The van der Waals surface area contributed by atoms with Crippen LogP contribution in [0.3, 0.4) is 0 Å². The fraction of sp³-hybridized carbons (Fsp3) is 0.355. The van der Waals surface area contributed by atoms with Gasteiger partial charge in [0.2, 0.25) is 5.95 Å². The number of nitrogen functional groups attached to an aromatic ring is 1. The molecule has 3 aromatic heterocycles. The standard InChI is InChI=1S/C31H33Cl2N9/c1-40-13-15-41(16-14-40)21-9-11-22(12-10-21)42-17-23(26-29(34)35-18-36-30(26)42)19-5-7-20(8-6-19)37-31-38-25-4-2-3-24(32)27(25)28(33)39-31/h2-8,17-18,21-22H,9-16H2,1H3,(H2,34,35,36)(H,37,38,39). The number of nitrogens with one attached hydrogen (secondary N) is 1. The summed E-state index contributed by atoms with van der Waals surface area (Å²) >= 11 is 12.7. The molecule has 1 saturated carbocycles. The van der Waals surface area contributed by atoms with Crippen LogP contribution in [0.1, 0.15) is 31.7 Å². The lowest BCUT2D eigenvalue weighted by Gasteiger charge is -2.41. The monoisotopic (exact) mass is 601 g/mol. The molecule has 7 rings (SSSR count). The number of anilines is 3. The number of aromatic nitrogens is 5. The molecule has 0 bridgehead atoms. The average Bonchev–Trinajstić information content (AvgIpc) is 3.39. The number of hydrogen-bond donors (Lipinski definition) is 2. The number of nitrogens with zero attached hydrogens (tertiary/aromatic N) is 7. The van der Waals surface area contributed by atoms with Gasteiger partial charge in [-0.2, -0.15) is 0 Å². The Morgan fingerprint density at radius 1 is 0.857 bits per heavy atom. The van der Waals surface area contributed by atoms with Crippen LogP contribution >= 0.6 is 23.2 Å². The summed E-state index contributed by atoms with van der Waals surface area (Å²) < 4.78 is 2.34. The van der Waals surface area contributed by atoms with E-state index in [4.69, 9.17) is 33.9 Å². The molecule has 42 heavy (non-hydrogen) atoms. The highest BCUT2D eigenvalue weighted by molar-refractivity contribution is 6.41. The lowest BCUT2D eigenvalue weighted by molar-refractivity contribution is 0.0828. The van der Waals surface area contributed by atoms with E-state index in [0.717, 1.165) is 53.8 Å². The van der Waals surface area contributed by atoms with E-state index in [1.807, 2.05) is 24.3 Å². The van der Waals surface area contributed by atoms with Crippen LogP contribution < -0.4 is 11.1 Å². The van der Waals surface area contributed by atoms with Gasteiger partial charge < -0.3 is 20.5 Å². The van der Waals surface area contributed by atoms with E-state index in [2.05, 4.69) is 60.0 Å². The van der Waals surface area contributed by atoms with Crippen LogP contribution in [0.25, 0.3) is 33.1 Å². The van der Waals surface area contributed by atoms with Gasteiger partial charge in [-0.25, -0.2) is 19.9 Å². The van der Waals surface area contributed by atoms with Gasteiger partial charge in [-0.05, 0) is 62.6 Å². The van der Waals surface area contributed by atoms with Gasteiger partial charge in [0.1, 0.15) is 22.9 Å². The van der Waals surface area contributed by atoms with Crippen LogP contribution in [-0.4, -0.2) is 73.6 Å². The molecule has 2 aromatic carbocycles. The molecule has 216 valence electrons. The Morgan fingerprint density at radius 3 is 2.36 bits per heavy atom. The molecule has 1 aliphatic carbocycles. The minimum absolute atomic E-state index is 0.311. The molecule has 1 saturated heterocycles. The minimum Gasteiger partial charge on any atom is -0.383 e. The van der Waals surface area contributed by atoms with E-state index >= 15 is 0 Å². The molecule has 0 amide bonds. The van der Waals surface area contributed by atoms with Crippen LogP contribution in [0.2, 0.25) is 10.2 Å². The zero-order valence-corrected chi connectivity index (χ0v) is 25.0. The lowest BCUT2D eigenvalue weighted by Crippen LogP contribution is -2.49. The maximum absolute atomic E-state index is 6.44. The van der Waals surface area contributed by atoms with Crippen molar-refractivity contribution in [2.45, 2.75) is 37.8 Å². The summed E-state index contributed by atoms with van der Waals surface area (Å²) in [5, 5.41) is 5.65. The van der Waals surface area contributed by atoms with Gasteiger partial charge in [-0.3, -0.25) is 4.90 Å². The molecule has 11 heteroatoms. The number of benzene rings is 2. The second-order valence-electron chi connectivity index (χ2n) is 11.4. The zero-order valence-electron chi connectivity index (χ0n) is 23.5. The molecule has 0 spiro atoms. The molecule has 0 atom stereocenters. The van der Waals surface area contributed by atoms with Crippen LogP contribution in [0.15, 0.2) is 55.0 Å². The normalized spacial score (nSPS) is 20.4. The van der Waals surface area contributed by atoms with Crippen LogP contribution in [0.5, 0.6) is 0 Å². The zero-order chi connectivity index (χ0) is 28.8. The fourth-order valence-electron chi connectivity index (χ4n) is 6.51. The maximum atomic E-state index is 6.44. The SMILES string of the molecule is CN1CCN(C2CCC(n3cc(-c4ccc(Nc5nc(Cl)c6c(Cl)cccc6n5)cc4)c4c(N)ncnc43)CC2)CC1. The molecule has 9 nitrogen and oxygen atoms in total. The quantitative estimate of drug-likeness (QED) is 0.223. The van der Waals surface area contributed by atoms with Gasteiger partial charge >= 0.3 is 0 Å². The minimum atomic E-state index is 0.311. The van der Waals surface area contributed by atoms with Crippen molar-refractivity contribution in [3.8, 4) is 11.1 Å². The van der Waals surface area contributed by atoms with Gasteiger partial charge in [0.15, 0.2) is 0 Å². The van der Waals surface area contributed by atoms with Crippen molar-refractivity contribution in [1.82, 2.24) is 34.3 Å². The summed E-state index contributed by atoms with van der Waals surface area (Å²) in [6.45, 7) is 4.67. The molecule has 0 radical (unpaired) electrons. The highest BCUT2D eigenvalue weighted by Gasteiger charge is 2.30. The van der Waals surface area contributed by atoms with E-state index in [1.165, 1.54) is 25.9 Å². The molecule has 0 unspecified atom stereocenters. The number of nitrogens with two attached hydrogens (primary N) is 1. The largest absolute Gasteiger partial charge is 0.383 e. The summed E-state index contributed by atoms with van der Waals surface area (Å²) in [6.07, 6.45) is 8.46. The van der Waals surface area contributed by atoms with Gasteiger partial charge in [0.05, 0.1) is 21.3 Å². The predicted molar refractivity (Wildman–Crippen MR) is 171 cm³/mol.